The molecule has 0 saturated heterocycles. The molecule has 2 aromatic rings. The van der Waals surface area contributed by atoms with E-state index in [9.17, 15) is 14.4 Å². The molecule has 4 N–H and O–H groups in total. The first-order chi connectivity index (χ1) is 11.9. The van der Waals surface area contributed by atoms with Crippen molar-refractivity contribution in [1.29, 1.82) is 0 Å². The Morgan fingerprint density at radius 2 is 1.96 bits per heavy atom. The highest BCUT2D eigenvalue weighted by molar-refractivity contribution is 7.13. The molecule has 25 heavy (non-hydrogen) atoms. The largest absolute Gasteiger partial charge is 0.464 e. The molecule has 8 nitrogen and oxygen atoms in total. The fourth-order valence-corrected chi connectivity index (χ4v) is 2.58. The third-order valence-corrected chi connectivity index (χ3v) is 3.92. The maximum absolute atomic E-state index is 12.0. The van der Waals surface area contributed by atoms with Gasteiger partial charge in [-0.05, 0) is 24.3 Å². The maximum Gasteiger partial charge on any atom is 0.353 e. The Hall–Kier alpha value is -3.20. The number of carbonyl (C=O) groups is 3. The van der Waals surface area contributed by atoms with Crippen LogP contribution in [0.4, 0.5) is 5.69 Å². The van der Waals surface area contributed by atoms with Gasteiger partial charge in [-0.25, -0.2) is 9.78 Å². The first-order valence-electron chi connectivity index (χ1n) is 7.07. The molecule has 0 radical (unpaired) electrons. The van der Waals surface area contributed by atoms with Crippen LogP contribution >= 0.6 is 11.3 Å². The van der Waals surface area contributed by atoms with Gasteiger partial charge in [-0.3, -0.25) is 9.59 Å². The fraction of sp³-hybridized carbons (Fsp3) is 0.125. The molecule has 0 aliphatic heterocycles. The van der Waals surface area contributed by atoms with E-state index in [2.05, 4.69) is 26.9 Å². The number of thiazole rings is 1. The van der Waals surface area contributed by atoms with Crippen LogP contribution in [0.3, 0.4) is 0 Å². The topological polar surface area (TPSA) is 123 Å². The summed E-state index contributed by atoms with van der Waals surface area (Å²) in [6, 6.07) is 7.10. The van der Waals surface area contributed by atoms with E-state index in [-0.39, 0.29) is 17.9 Å². The maximum atomic E-state index is 12.0. The Balaban J connectivity index is 1.91. The minimum absolute atomic E-state index is 0.191. The van der Waals surface area contributed by atoms with Crippen molar-refractivity contribution in [2.24, 2.45) is 0 Å². The second kappa shape index (κ2) is 8.06. The van der Waals surface area contributed by atoms with Crippen molar-refractivity contribution in [3.63, 3.8) is 0 Å². The highest BCUT2D eigenvalue weighted by Crippen LogP contribution is 2.24. The fourth-order valence-electron chi connectivity index (χ4n) is 1.77. The zero-order valence-electron chi connectivity index (χ0n) is 13.4. The Morgan fingerprint density at radius 3 is 2.60 bits per heavy atom. The number of nitrogens with one attached hydrogen (secondary N) is 2. The second-order valence-electron chi connectivity index (χ2n) is 4.86. The van der Waals surface area contributed by atoms with Crippen molar-refractivity contribution < 1.29 is 19.1 Å². The van der Waals surface area contributed by atoms with Gasteiger partial charge in [-0.1, -0.05) is 6.58 Å². The van der Waals surface area contributed by atoms with Crippen LogP contribution in [0.25, 0.3) is 10.6 Å². The number of benzene rings is 1. The number of carbonyl (C=O) groups excluding carboxylic acids is 3. The third-order valence-electron chi connectivity index (χ3n) is 3.03. The number of aromatic nitrogens is 1. The summed E-state index contributed by atoms with van der Waals surface area (Å²) >= 11 is 1.30. The number of rotatable bonds is 6. The van der Waals surface area contributed by atoms with Gasteiger partial charge in [-0.15, -0.1) is 11.3 Å². The van der Waals surface area contributed by atoms with Gasteiger partial charge < -0.3 is 21.1 Å². The average Bonchev–Trinajstić information content (AvgIpc) is 3.09. The van der Waals surface area contributed by atoms with Crippen LogP contribution in [0, 0.1) is 0 Å². The Kier molecular flexibility index (Phi) is 5.85. The van der Waals surface area contributed by atoms with Crippen LogP contribution in [0.15, 0.2) is 41.9 Å². The second-order valence-corrected chi connectivity index (χ2v) is 5.72. The zero-order valence-corrected chi connectivity index (χ0v) is 14.2. The molecule has 1 aromatic heterocycles. The minimum atomic E-state index is -0.757. The molecule has 0 saturated carbocycles. The third kappa shape index (κ3) is 4.88. The molecule has 0 spiro atoms. The van der Waals surface area contributed by atoms with E-state index in [1.54, 1.807) is 17.5 Å². The van der Waals surface area contributed by atoms with E-state index in [1.807, 2.05) is 12.1 Å². The summed E-state index contributed by atoms with van der Waals surface area (Å²) in [5.74, 6) is -1.86. The molecule has 0 aliphatic rings. The number of nitrogens with zero attached hydrogens (tertiary/aromatic N) is 1. The molecule has 0 atom stereocenters. The molecule has 9 heteroatoms. The number of hydrogen-bond donors (Lipinski definition) is 3. The van der Waals surface area contributed by atoms with Crippen LogP contribution in [0.2, 0.25) is 0 Å². The zero-order chi connectivity index (χ0) is 18.4. The number of nitrogens with two attached hydrogens (primary N) is 1. The standard InChI is InChI=1S/C16H16N4O4S/c1-9(16(23)24-2)19-13(21)7-18-14(22)12-8-25-15(20-12)10-3-5-11(17)6-4-10/h3-6,8H,1,7,17H2,2H3,(H,18,22)(H,19,21). The molecule has 2 rings (SSSR count). The van der Waals surface area contributed by atoms with Crippen molar-refractivity contribution in [3.05, 3.63) is 47.6 Å². The molecular weight excluding hydrogens is 344 g/mol. The molecule has 0 bridgehead atoms. The summed E-state index contributed by atoms with van der Waals surface area (Å²) in [7, 11) is 1.17. The highest BCUT2D eigenvalue weighted by Gasteiger charge is 2.15. The minimum Gasteiger partial charge on any atom is -0.464 e. The van der Waals surface area contributed by atoms with Crippen molar-refractivity contribution in [2.75, 3.05) is 19.4 Å². The Labute approximate surface area is 147 Å². The van der Waals surface area contributed by atoms with Gasteiger partial charge >= 0.3 is 5.97 Å². The molecular formula is C16H16N4O4S. The van der Waals surface area contributed by atoms with E-state index < -0.39 is 17.8 Å². The number of esters is 1. The van der Waals surface area contributed by atoms with Crippen LogP contribution in [-0.4, -0.2) is 36.4 Å². The predicted octanol–water partition coefficient (Wildman–Crippen LogP) is 0.925. The molecule has 0 fully saturated rings. The number of amides is 2. The lowest BCUT2D eigenvalue weighted by molar-refractivity contribution is -0.137. The van der Waals surface area contributed by atoms with Crippen molar-refractivity contribution >= 4 is 34.8 Å². The van der Waals surface area contributed by atoms with E-state index >= 15 is 0 Å². The lowest BCUT2D eigenvalue weighted by Crippen LogP contribution is -2.38. The number of nitrogen functional groups attached to an aromatic ring is 1. The van der Waals surface area contributed by atoms with Crippen LogP contribution in [-0.2, 0) is 14.3 Å². The normalized spacial score (nSPS) is 9.96. The van der Waals surface area contributed by atoms with Crippen molar-refractivity contribution in [1.82, 2.24) is 15.6 Å². The van der Waals surface area contributed by atoms with E-state index in [0.29, 0.717) is 10.7 Å². The number of methoxy groups -OCH3 is 1. The highest BCUT2D eigenvalue weighted by atomic mass is 32.1. The molecule has 130 valence electrons. The van der Waals surface area contributed by atoms with Gasteiger partial charge in [0.2, 0.25) is 5.91 Å². The lowest BCUT2D eigenvalue weighted by atomic mass is 10.2. The first-order valence-corrected chi connectivity index (χ1v) is 7.95. The monoisotopic (exact) mass is 360 g/mol. The van der Waals surface area contributed by atoms with Gasteiger partial charge in [0, 0.05) is 16.6 Å². The van der Waals surface area contributed by atoms with Crippen molar-refractivity contribution in [2.45, 2.75) is 0 Å². The lowest BCUT2D eigenvalue weighted by Gasteiger charge is -2.06. The Morgan fingerprint density at radius 1 is 1.28 bits per heavy atom. The number of ether oxygens (including phenoxy) is 1. The van der Waals surface area contributed by atoms with Gasteiger partial charge in [0.25, 0.3) is 5.91 Å². The average molecular weight is 360 g/mol. The molecule has 0 unspecified atom stereocenters. The number of anilines is 1. The molecule has 1 heterocycles. The quantitative estimate of drug-likeness (QED) is 0.400. The number of hydrogen-bond acceptors (Lipinski definition) is 7. The van der Waals surface area contributed by atoms with Crippen LogP contribution in [0.1, 0.15) is 10.5 Å². The predicted molar refractivity (Wildman–Crippen MR) is 93.6 cm³/mol. The van der Waals surface area contributed by atoms with E-state index in [4.69, 9.17) is 5.73 Å². The van der Waals surface area contributed by atoms with Crippen LogP contribution < -0.4 is 16.4 Å². The summed E-state index contributed by atoms with van der Waals surface area (Å²) in [6.45, 7) is 3.03. The summed E-state index contributed by atoms with van der Waals surface area (Å²) in [5, 5.41) is 6.89. The summed E-state index contributed by atoms with van der Waals surface area (Å²) in [4.78, 5) is 39.0. The smallest absolute Gasteiger partial charge is 0.353 e. The van der Waals surface area contributed by atoms with E-state index in [1.165, 1.54) is 18.4 Å². The van der Waals surface area contributed by atoms with Gasteiger partial charge in [-0.2, -0.15) is 0 Å². The first kappa shape index (κ1) is 18.1. The van der Waals surface area contributed by atoms with Crippen molar-refractivity contribution in [3.8, 4) is 10.6 Å². The SMILES string of the molecule is C=C(NC(=O)CNC(=O)c1csc(-c2ccc(N)cc2)n1)C(=O)OC. The van der Waals surface area contributed by atoms with Gasteiger partial charge in [0.1, 0.15) is 16.4 Å². The van der Waals surface area contributed by atoms with E-state index in [0.717, 1.165) is 5.56 Å². The summed E-state index contributed by atoms with van der Waals surface area (Å²) in [6.07, 6.45) is 0. The Bertz CT molecular complexity index is 814. The van der Waals surface area contributed by atoms with Gasteiger partial charge in [0.05, 0.1) is 13.7 Å². The van der Waals surface area contributed by atoms with Gasteiger partial charge in [0.15, 0.2) is 0 Å². The summed E-state index contributed by atoms with van der Waals surface area (Å²) < 4.78 is 4.40. The molecule has 2 amide bonds. The van der Waals surface area contributed by atoms with Crippen LogP contribution in [0.5, 0.6) is 0 Å². The summed E-state index contributed by atoms with van der Waals surface area (Å²) in [5.41, 5.74) is 7.09. The molecule has 0 aliphatic carbocycles. The molecule has 1 aromatic carbocycles.